The molecule has 31 heavy (non-hydrogen) atoms. The van der Waals surface area contributed by atoms with Crippen LogP contribution in [-0.2, 0) is 4.74 Å². The van der Waals surface area contributed by atoms with Gasteiger partial charge in [0.25, 0.3) is 0 Å². The van der Waals surface area contributed by atoms with Crippen LogP contribution in [0.15, 0.2) is 48.5 Å². The second-order valence-corrected chi connectivity index (χ2v) is 7.52. The van der Waals surface area contributed by atoms with E-state index in [-0.39, 0.29) is 6.03 Å². The fourth-order valence-electron chi connectivity index (χ4n) is 3.25. The zero-order valence-electron chi connectivity index (χ0n) is 17.1. The first-order valence-corrected chi connectivity index (χ1v) is 10.3. The zero-order chi connectivity index (χ0) is 21.8. The van der Waals surface area contributed by atoms with Crippen LogP contribution in [0.4, 0.5) is 27.7 Å². The van der Waals surface area contributed by atoms with Gasteiger partial charge in [0.05, 0.1) is 13.2 Å². The molecule has 0 atom stereocenters. The molecule has 1 aromatic heterocycles. The van der Waals surface area contributed by atoms with Gasteiger partial charge in [-0.25, -0.2) is 14.8 Å². The third-order valence-electron chi connectivity index (χ3n) is 4.94. The molecule has 2 aromatic carbocycles. The van der Waals surface area contributed by atoms with E-state index in [4.69, 9.17) is 27.1 Å². The molecule has 9 heteroatoms. The molecule has 160 valence electrons. The predicted molar refractivity (Wildman–Crippen MR) is 124 cm³/mol. The first-order chi connectivity index (χ1) is 15.0. The van der Waals surface area contributed by atoms with Gasteiger partial charge in [0.1, 0.15) is 11.0 Å². The van der Waals surface area contributed by atoms with Gasteiger partial charge >= 0.3 is 6.03 Å². The second kappa shape index (κ2) is 9.20. The molecule has 1 aliphatic rings. The normalized spacial score (nSPS) is 13.7. The topological polar surface area (TPSA) is 105 Å². The molecular weight excluding hydrogens is 416 g/mol. The highest BCUT2D eigenvalue weighted by molar-refractivity contribution is 6.30. The van der Waals surface area contributed by atoms with E-state index in [0.717, 1.165) is 30.0 Å². The summed E-state index contributed by atoms with van der Waals surface area (Å²) in [6.45, 7) is 4.77. The molecule has 0 saturated carbocycles. The summed E-state index contributed by atoms with van der Waals surface area (Å²) < 4.78 is 5.43. The number of hydrogen-bond donors (Lipinski definition) is 3. The molecule has 1 saturated heterocycles. The lowest BCUT2D eigenvalue weighted by Gasteiger charge is -2.29. The maximum Gasteiger partial charge on any atom is 0.323 e. The van der Waals surface area contributed by atoms with E-state index >= 15 is 0 Å². The van der Waals surface area contributed by atoms with E-state index < -0.39 is 0 Å². The third kappa shape index (κ3) is 5.04. The van der Waals surface area contributed by atoms with Crippen LogP contribution in [0.5, 0.6) is 0 Å². The Hall–Kier alpha value is -3.36. The van der Waals surface area contributed by atoms with E-state index in [0.29, 0.717) is 41.3 Å². The molecule has 2 heterocycles. The number of carbonyl (C=O) groups is 1. The van der Waals surface area contributed by atoms with Crippen molar-refractivity contribution in [3.63, 3.8) is 0 Å². The van der Waals surface area contributed by atoms with E-state index in [1.807, 2.05) is 19.1 Å². The zero-order valence-corrected chi connectivity index (χ0v) is 17.8. The number of urea groups is 1. The van der Waals surface area contributed by atoms with Crippen LogP contribution < -0.4 is 21.3 Å². The highest BCUT2D eigenvalue weighted by Gasteiger charge is 2.19. The Morgan fingerprint density at radius 1 is 1.00 bits per heavy atom. The minimum atomic E-state index is -0.346. The lowest BCUT2D eigenvalue weighted by molar-refractivity contribution is 0.122. The molecular formula is C22H23ClN6O2. The molecule has 0 spiro atoms. The van der Waals surface area contributed by atoms with Crippen molar-refractivity contribution in [2.75, 3.05) is 47.6 Å². The number of halogens is 1. The van der Waals surface area contributed by atoms with E-state index in [2.05, 4.69) is 20.5 Å². The number of carbonyl (C=O) groups excluding carboxylic acids is 1. The fourth-order valence-corrected chi connectivity index (χ4v) is 3.42. The van der Waals surface area contributed by atoms with Crippen molar-refractivity contribution >= 4 is 40.5 Å². The lowest BCUT2D eigenvalue weighted by Crippen LogP contribution is -2.37. The van der Waals surface area contributed by atoms with Gasteiger partial charge in [0, 0.05) is 41.3 Å². The van der Waals surface area contributed by atoms with Gasteiger partial charge in [-0.05, 0) is 55.5 Å². The number of ether oxygens (including phenoxy) is 1. The van der Waals surface area contributed by atoms with E-state index in [1.165, 1.54) is 0 Å². The number of morpholine rings is 1. The lowest BCUT2D eigenvalue weighted by atomic mass is 10.2. The predicted octanol–water partition coefficient (Wildman–Crippen LogP) is 4.17. The molecule has 3 aromatic rings. The number of anilines is 4. The molecule has 1 aliphatic heterocycles. The number of nitrogen functional groups attached to an aromatic ring is 1. The first kappa shape index (κ1) is 20.9. The highest BCUT2D eigenvalue weighted by Crippen LogP contribution is 2.28. The minimum absolute atomic E-state index is 0.346. The van der Waals surface area contributed by atoms with Crippen molar-refractivity contribution in [3.8, 4) is 11.4 Å². The number of nitrogens with two attached hydrogens (primary N) is 1. The van der Waals surface area contributed by atoms with E-state index in [1.54, 1.807) is 36.4 Å². The number of nitrogens with zero attached hydrogens (tertiary/aromatic N) is 3. The van der Waals surface area contributed by atoms with Crippen LogP contribution in [0, 0.1) is 6.92 Å². The third-order valence-corrected chi connectivity index (χ3v) is 5.31. The maximum atomic E-state index is 12.2. The Labute approximate surface area is 185 Å². The SMILES string of the molecule is Cc1c(Cl)nc(-c2ccc(NC(=O)Nc3ccc(N)cc3)cc2)nc1N1CCOCC1. The van der Waals surface area contributed by atoms with Crippen molar-refractivity contribution in [3.05, 3.63) is 59.2 Å². The quantitative estimate of drug-likeness (QED) is 0.417. The molecule has 0 unspecified atom stereocenters. The van der Waals surface area contributed by atoms with Crippen molar-refractivity contribution in [2.45, 2.75) is 6.92 Å². The Kier molecular flexibility index (Phi) is 6.20. The van der Waals surface area contributed by atoms with Gasteiger partial charge in [0.2, 0.25) is 0 Å². The summed E-state index contributed by atoms with van der Waals surface area (Å²) in [5.41, 5.74) is 9.25. The summed E-state index contributed by atoms with van der Waals surface area (Å²) >= 11 is 6.39. The smallest absolute Gasteiger partial charge is 0.323 e. The van der Waals surface area contributed by atoms with E-state index in [9.17, 15) is 4.79 Å². The number of hydrogen-bond acceptors (Lipinski definition) is 6. The summed E-state index contributed by atoms with van der Waals surface area (Å²) in [7, 11) is 0. The summed E-state index contributed by atoms with van der Waals surface area (Å²) in [6.07, 6.45) is 0. The number of nitrogens with one attached hydrogen (secondary N) is 2. The number of benzene rings is 2. The van der Waals surface area contributed by atoms with Gasteiger partial charge in [-0.2, -0.15) is 0 Å². The Balaban J connectivity index is 1.48. The summed E-state index contributed by atoms with van der Waals surface area (Å²) in [5.74, 6) is 1.36. The average molecular weight is 439 g/mol. The summed E-state index contributed by atoms with van der Waals surface area (Å²) in [4.78, 5) is 23.6. The molecule has 0 bridgehead atoms. The first-order valence-electron chi connectivity index (χ1n) is 9.90. The van der Waals surface area contributed by atoms with Crippen molar-refractivity contribution < 1.29 is 9.53 Å². The molecule has 0 radical (unpaired) electrons. The largest absolute Gasteiger partial charge is 0.399 e. The fraction of sp³-hybridized carbons (Fsp3) is 0.227. The standard InChI is InChI=1S/C22H23ClN6O2/c1-14-19(23)27-20(28-21(14)29-10-12-31-13-11-29)15-2-6-17(7-3-15)25-22(30)26-18-8-4-16(24)5-9-18/h2-9H,10-13,24H2,1H3,(H2,25,26,30). The molecule has 1 fully saturated rings. The van der Waals surface area contributed by atoms with Gasteiger partial charge in [0.15, 0.2) is 5.82 Å². The van der Waals surface area contributed by atoms with Gasteiger partial charge < -0.3 is 26.0 Å². The monoisotopic (exact) mass is 438 g/mol. The molecule has 0 aliphatic carbocycles. The molecule has 4 N–H and O–H groups in total. The van der Waals surface area contributed by atoms with Crippen molar-refractivity contribution in [2.24, 2.45) is 0 Å². The number of rotatable bonds is 4. The van der Waals surface area contributed by atoms with Gasteiger partial charge in [-0.15, -0.1) is 0 Å². The van der Waals surface area contributed by atoms with Gasteiger partial charge in [-0.3, -0.25) is 0 Å². The Bertz CT molecular complexity index is 1070. The van der Waals surface area contributed by atoms with Gasteiger partial charge in [-0.1, -0.05) is 11.6 Å². The number of amides is 2. The summed E-state index contributed by atoms with van der Waals surface area (Å²) in [6, 6.07) is 13.9. The van der Waals surface area contributed by atoms with Crippen molar-refractivity contribution in [1.29, 1.82) is 0 Å². The Morgan fingerprint density at radius 3 is 2.19 bits per heavy atom. The second-order valence-electron chi connectivity index (χ2n) is 7.16. The van der Waals surface area contributed by atoms with Crippen LogP contribution in [-0.4, -0.2) is 42.3 Å². The minimum Gasteiger partial charge on any atom is -0.399 e. The highest BCUT2D eigenvalue weighted by atomic mass is 35.5. The van der Waals surface area contributed by atoms with Crippen LogP contribution >= 0.6 is 11.6 Å². The molecule has 2 amide bonds. The Morgan fingerprint density at radius 2 is 1.58 bits per heavy atom. The van der Waals surface area contributed by atoms with Crippen molar-refractivity contribution in [1.82, 2.24) is 9.97 Å². The average Bonchev–Trinajstić information content (AvgIpc) is 2.78. The molecule has 8 nitrogen and oxygen atoms in total. The summed E-state index contributed by atoms with van der Waals surface area (Å²) in [5, 5.41) is 5.98. The van der Waals surface area contributed by atoms with Crippen LogP contribution in [0.25, 0.3) is 11.4 Å². The van der Waals surface area contributed by atoms with Crippen LogP contribution in [0.1, 0.15) is 5.56 Å². The van der Waals surface area contributed by atoms with Crippen LogP contribution in [0.2, 0.25) is 5.15 Å². The van der Waals surface area contributed by atoms with Crippen LogP contribution in [0.3, 0.4) is 0 Å². The number of aromatic nitrogens is 2. The molecule has 4 rings (SSSR count). The maximum absolute atomic E-state index is 12.2.